The van der Waals surface area contributed by atoms with E-state index >= 15 is 0 Å². The van der Waals surface area contributed by atoms with E-state index < -0.39 is 5.41 Å². The summed E-state index contributed by atoms with van der Waals surface area (Å²) in [6, 6.07) is 91.9. The van der Waals surface area contributed by atoms with Gasteiger partial charge in [-0.05, 0) is 136 Å². The van der Waals surface area contributed by atoms with Gasteiger partial charge in [0.15, 0.2) is 0 Å². The molecule has 320 valence electrons. The molecule has 0 unspecified atom stereocenters. The molecule has 0 fully saturated rings. The zero-order valence-corrected chi connectivity index (χ0v) is 37.5. The van der Waals surface area contributed by atoms with Crippen LogP contribution in [0.25, 0.3) is 98.8 Å². The number of fused-ring (bicyclic) bond motifs is 17. The number of rotatable bonds is 5. The molecule has 0 atom stereocenters. The first kappa shape index (κ1) is 38.2. The van der Waals surface area contributed by atoms with Crippen molar-refractivity contribution >= 4 is 71.3 Å². The van der Waals surface area contributed by atoms with Crippen LogP contribution in [0.1, 0.15) is 22.3 Å². The fourth-order valence-corrected chi connectivity index (χ4v) is 12.3. The van der Waals surface area contributed by atoms with Crippen LogP contribution in [0.15, 0.2) is 253 Å². The number of hydrogen-bond acceptors (Lipinski definition) is 2. The maximum Gasteiger partial charge on any atom is 0.143 e. The SMILES string of the molecule is c1ccc(N(c2ccc(-c3cc4ccccc4c4ccccc34)cc2)c2ccc3c(c2)C2(c4ccccc4-c4ccccc42)c2ccccc2-3)c(-c2cccc3c2oc2cc4ccccc4cc23)c1. The molecule has 0 bridgehead atoms. The Balaban J connectivity index is 0.973. The van der Waals surface area contributed by atoms with Crippen LogP contribution in [0, 0.1) is 0 Å². The molecule has 0 amide bonds. The van der Waals surface area contributed by atoms with Gasteiger partial charge in [-0.1, -0.05) is 200 Å². The van der Waals surface area contributed by atoms with Crippen molar-refractivity contribution in [2.75, 3.05) is 4.90 Å². The highest BCUT2D eigenvalue weighted by molar-refractivity contribution is 6.15. The minimum absolute atomic E-state index is 0.481. The molecular formula is C67H41NO. The van der Waals surface area contributed by atoms with Gasteiger partial charge in [-0.25, -0.2) is 0 Å². The zero-order valence-electron chi connectivity index (χ0n) is 37.5. The maximum atomic E-state index is 6.93. The molecule has 2 heteroatoms. The topological polar surface area (TPSA) is 16.4 Å². The molecule has 15 rings (SSSR count). The Kier molecular flexibility index (Phi) is 8.02. The summed E-state index contributed by atoms with van der Waals surface area (Å²) in [6.07, 6.45) is 0. The van der Waals surface area contributed by atoms with Crippen LogP contribution in [0.4, 0.5) is 17.1 Å². The predicted molar refractivity (Wildman–Crippen MR) is 288 cm³/mol. The first-order chi connectivity index (χ1) is 34.2. The van der Waals surface area contributed by atoms with Crippen LogP contribution >= 0.6 is 0 Å². The molecule has 0 saturated carbocycles. The molecule has 0 N–H and O–H groups in total. The molecule has 13 aromatic rings. The molecular weight excluding hydrogens is 835 g/mol. The van der Waals surface area contributed by atoms with Gasteiger partial charge in [0, 0.05) is 33.3 Å². The van der Waals surface area contributed by atoms with Crippen molar-refractivity contribution in [2.45, 2.75) is 5.41 Å². The highest BCUT2D eigenvalue weighted by Gasteiger charge is 2.51. The van der Waals surface area contributed by atoms with Gasteiger partial charge in [-0.3, -0.25) is 0 Å². The molecule has 2 nitrogen and oxygen atoms in total. The van der Waals surface area contributed by atoms with Crippen molar-refractivity contribution in [3.8, 4) is 44.5 Å². The summed E-state index contributed by atoms with van der Waals surface area (Å²) in [5, 5.41) is 9.62. The second-order valence-corrected chi connectivity index (χ2v) is 18.7. The van der Waals surface area contributed by atoms with Crippen molar-refractivity contribution in [3.05, 3.63) is 271 Å². The average Bonchev–Trinajstić information content (AvgIpc) is 4.04. The van der Waals surface area contributed by atoms with Crippen molar-refractivity contribution < 1.29 is 4.42 Å². The first-order valence-corrected chi connectivity index (χ1v) is 23.9. The Morgan fingerprint density at radius 3 is 1.52 bits per heavy atom. The summed E-state index contributed by atoms with van der Waals surface area (Å²) in [5.41, 5.74) is 19.5. The van der Waals surface area contributed by atoms with Gasteiger partial charge in [-0.15, -0.1) is 0 Å². The van der Waals surface area contributed by atoms with Crippen LogP contribution < -0.4 is 4.90 Å². The normalized spacial score (nSPS) is 13.0. The van der Waals surface area contributed by atoms with E-state index in [1.165, 1.54) is 88.0 Å². The van der Waals surface area contributed by atoms with Gasteiger partial charge in [0.05, 0.1) is 11.1 Å². The lowest BCUT2D eigenvalue weighted by atomic mass is 9.70. The third kappa shape index (κ3) is 5.37. The average molecular weight is 876 g/mol. The number of anilines is 3. The van der Waals surface area contributed by atoms with Crippen molar-refractivity contribution in [3.63, 3.8) is 0 Å². The van der Waals surface area contributed by atoms with Crippen LogP contribution in [0.3, 0.4) is 0 Å². The number of para-hydroxylation sites is 2. The summed E-state index contributed by atoms with van der Waals surface area (Å²) >= 11 is 0. The van der Waals surface area contributed by atoms with E-state index in [4.69, 9.17) is 4.42 Å². The van der Waals surface area contributed by atoms with Gasteiger partial charge < -0.3 is 9.32 Å². The summed E-state index contributed by atoms with van der Waals surface area (Å²) in [6.45, 7) is 0. The predicted octanol–water partition coefficient (Wildman–Crippen LogP) is 18.2. The molecule has 69 heavy (non-hydrogen) atoms. The molecule has 1 aromatic heterocycles. The van der Waals surface area contributed by atoms with Crippen molar-refractivity contribution in [1.29, 1.82) is 0 Å². The van der Waals surface area contributed by atoms with Crippen molar-refractivity contribution in [2.24, 2.45) is 0 Å². The van der Waals surface area contributed by atoms with Gasteiger partial charge >= 0.3 is 0 Å². The fourth-order valence-electron chi connectivity index (χ4n) is 12.3. The minimum atomic E-state index is -0.481. The molecule has 2 aliphatic rings. The number of hydrogen-bond donors (Lipinski definition) is 0. The summed E-state index contributed by atoms with van der Waals surface area (Å²) in [4.78, 5) is 2.47. The quantitative estimate of drug-likeness (QED) is 0.160. The standard InChI is InChI=1S/C67H41NO/c1-2-17-44-40-65-59(38-43(44)16-1)57-27-15-26-56(66(57)69-65)55-25-10-14-31-64(55)68(46-34-32-42(33-35-46)58-39-45-18-3-4-19-48(45)49-20-5-6-21-50(49)58)47-36-37-54-53-24-9-13-30-62(53)67(63(54)41-47)60-28-11-7-22-51(60)52-23-8-12-29-61(52)67/h1-41H. The Labute approximate surface area is 399 Å². The lowest BCUT2D eigenvalue weighted by Crippen LogP contribution is -2.26. The second kappa shape index (κ2) is 14.5. The third-order valence-corrected chi connectivity index (χ3v) is 15.2. The largest absolute Gasteiger partial charge is 0.455 e. The molecule has 12 aromatic carbocycles. The summed E-state index contributed by atoms with van der Waals surface area (Å²) < 4.78 is 6.93. The monoisotopic (exact) mass is 875 g/mol. The smallest absolute Gasteiger partial charge is 0.143 e. The Bertz CT molecular complexity index is 4210. The van der Waals surface area contributed by atoms with E-state index in [-0.39, 0.29) is 0 Å². The molecule has 1 heterocycles. The van der Waals surface area contributed by atoms with Gasteiger partial charge in [0.25, 0.3) is 0 Å². The number of nitrogens with zero attached hydrogens (tertiary/aromatic N) is 1. The zero-order chi connectivity index (χ0) is 45.2. The van der Waals surface area contributed by atoms with E-state index in [1.54, 1.807) is 0 Å². The number of benzene rings is 12. The van der Waals surface area contributed by atoms with Gasteiger partial charge in [-0.2, -0.15) is 0 Å². The lowest BCUT2D eigenvalue weighted by molar-refractivity contribution is 0.670. The van der Waals surface area contributed by atoms with E-state index in [9.17, 15) is 0 Å². The molecule has 0 aliphatic heterocycles. The highest BCUT2D eigenvalue weighted by Crippen LogP contribution is 2.63. The molecule has 1 spiro atoms. The Morgan fingerprint density at radius 1 is 0.290 bits per heavy atom. The van der Waals surface area contributed by atoms with Crippen LogP contribution in [-0.2, 0) is 5.41 Å². The van der Waals surface area contributed by atoms with E-state index in [0.29, 0.717) is 0 Å². The van der Waals surface area contributed by atoms with E-state index in [1.807, 2.05) is 0 Å². The minimum Gasteiger partial charge on any atom is -0.455 e. The molecule has 2 aliphatic carbocycles. The summed E-state index contributed by atoms with van der Waals surface area (Å²) in [7, 11) is 0. The Hall–Kier alpha value is -8.98. The third-order valence-electron chi connectivity index (χ3n) is 15.2. The van der Waals surface area contributed by atoms with Crippen LogP contribution in [0.2, 0.25) is 0 Å². The van der Waals surface area contributed by atoms with Crippen LogP contribution in [-0.4, -0.2) is 0 Å². The van der Waals surface area contributed by atoms with E-state index in [2.05, 4.69) is 254 Å². The molecule has 0 saturated heterocycles. The number of furan rings is 1. The fraction of sp³-hybridized carbons (Fsp3) is 0.0149. The summed E-state index contributed by atoms with van der Waals surface area (Å²) in [5.74, 6) is 0. The van der Waals surface area contributed by atoms with Crippen LogP contribution in [0.5, 0.6) is 0 Å². The molecule has 0 radical (unpaired) electrons. The first-order valence-electron chi connectivity index (χ1n) is 23.9. The van der Waals surface area contributed by atoms with Gasteiger partial charge in [0.1, 0.15) is 11.2 Å². The second-order valence-electron chi connectivity index (χ2n) is 18.7. The maximum absolute atomic E-state index is 6.93. The lowest BCUT2D eigenvalue weighted by Gasteiger charge is -2.32. The van der Waals surface area contributed by atoms with Crippen molar-refractivity contribution in [1.82, 2.24) is 0 Å². The highest BCUT2D eigenvalue weighted by atomic mass is 16.3. The Morgan fingerprint density at radius 2 is 0.812 bits per heavy atom. The van der Waals surface area contributed by atoms with E-state index in [0.717, 1.165) is 50.1 Å². The van der Waals surface area contributed by atoms with Gasteiger partial charge in [0.2, 0.25) is 0 Å².